The second-order valence-electron chi connectivity index (χ2n) is 4.74. The predicted molar refractivity (Wildman–Crippen MR) is 74.9 cm³/mol. The van der Waals surface area contributed by atoms with Crippen molar-refractivity contribution in [3.8, 4) is 0 Å². The summed E-state index contributed by atoms with van der Waals surface area (Å²) in [6, 6.07) is 11.4. The first kappa shape index (κ1) is 15.1. The maximum absolute atomic E-state index is 14.2. The Morgan fingerprint density at radius 2 is 1.76 bits per heavy atom. The molecule has 0 saturated carbocycles. The molecule has 0 saturated heterocycles. The molecule has 1 amide bonds. The summed E-state index contributed by atoms with van der Waals surface area (Å²) in [5.41, 5.74) is 6.16. The van der Waals surface area contributed by atoms with Crippen molar-refractivity contribution in [2.75, 3.05) is 0 Å². The van der Waals surface area contributed by atoms with Gasteiger partial charge in [0.25, 0.3) is 0 Å². The van der Waals surface area contributed by atoms with Crippen molar-refractivity contribution in [3.05, 3.63) is 71.0 Å². The van der Waals surface area contributed by atoms with Crippen LogP contribution < -0.4 is 5.73 Å². The molecule has 0 aromatic heterocycles. The molecule has 2 atom stereocenters. The van der Waals surface area contributed by atoms with Gasteiger partial charge in [-0.1, -0.05) is 30.3 Å². The lowest BCUT2D eigenvalue weighted by Gasteiger charge is -2.17. The van der Waals surface area contributed by atoms with Crippen molar-refractivity contribution in [3.63, 3.8) is 0 Å². The van der Waals surface area contributed by atoms with E-state index in [0.29, 0.717) is 5.56 Å². The Labute approximate surface area is 121 Å². The third-order valence-electron chi connectivity index (χ3n) is 3.25. The molecule has 2 rings (SSSR count). The molecular weight excluding hydrogens is 276 g/mol. The molecule has 0 aliphatic heterocycles. The Morgan fingerprint density at radius 1 is 1.14 bits per heavy atom. The van der Waals surface area contributed by atoms with E-state index in [4.69, 9.17) is 5.73 Å². The van der Waals surface area contributed by atoms with Crippen LogP contribution in [0.1, 0.15) is 27.6 Å². The van der Waals surface area contributed by atoms with Gasteiger partial charge in [-0.25, -0.2) is 8.78 Å². The molecule has 5 heteroatoms. The predicted octanol–water partition coefficient (Wildman–Crippen LogP) is 2.54. The van der Waals surface area contributed by atoms with E-state index < -0.39 is 24.0 Å². The minimum atomic E-state index is -1.63. The summed E-state index contributed by atoms with van der Waals surface area (Å²) < 4.78 is 27.0. The Kier molecular flexibility index (Phi) is 4.65. The van der Waals surface area contributed by atoms with E-state index in [1.807, 2.05) is 0 Å². The average Bonchev–Trinajstić information content (AvgIpc) is 2.47. The SMILES string of the molecule is NC(=O)c1ccccc1C[C@@H](F)[C@H](O)c1ccc(F)cc1. The van der Waals surface area contributed by atoms with E-state index in [2.05, 4.69) is 0 Å². The van der Waals surface area contributed by atoms with Gasteiger partial charge in [-0.05, 0) is 29.3 Å². The molecule has 0 fully saturated rings. The molecule has 0 bridgehead atoms. The van der Waals surface area contributed by atoms with Crippen molar-refractivity contribution in [2.45, 2.75) is 18.7 Å². The summed E-state index contributed by atoms with van der Waals surface area (Å²) in [5, 5.41) is 9.96. The standard InChI is InChI=1S/C16H15F2NO2/c17-12-7-5-10(6-8-12)15(20)14(18)9-11-3-1-2-4-13(11)16(19)21/h1-8,14-15,20H,9H2,(H2,19,21)/t14-,15-/m1/s1. The van der Waals surface area contributed by atoms with Crippen molar-refractivity contribution in [2.24, 2.45) is 5.73 Å². The number of aliphatic hydroxyl groups excluding tert-OH is 1. The van der Waals surface area contributed by atoms with Gasteiger partial charge >= 0.3 is 0 Å². The van der Waals surface area contributed by atoms with Gasteiger partial charge in [0, 0.05) is 12.0 Å². The van der Waals surface area contributed by atoms with Crippen LogP contribution in [0.5, 0.6) is 0 Å². The number of amides is 1. The van der Waals surface area contributed by atoms with Crippen LogP contribution >= 0.6 is 0 Å². The minimum Gasteiger partial charge on any atom is -0.385 e. The Morgan fingerprint density at radius 3 is 2.38 bits per heavy atom. The van der Waals surface area contributed by atoms with Crippen LogP contribution in [0.4, 0.5) is 8.78 Å². The molecular formula is C16H15F2NO2. The Hall–Kier alpha value is -2.27. The zero-order chi connectivity index (χ0) is 15.4. The van der Waals surface area contributed by atoms with E-state index in [1.54, 1.807) is 18.2 Å². The van der Waals surface area contributed by atoms with Gasteiger partial charge in [-0.15, -0.1) is 0 Å². The molecule has 0 spiro atoms. The minimum absolute atomic E-state index is 0.155. The van der Waals surface area contributed by atoms with Gasteiger partial charge < -0.3 is 10.8 Å². The lowest BCUT2D eigenvalue weighted by Crippen LogP contribution is -2.20. The third-order valence-corrected chi connectivity index (χ3v) is 3.25. The number of nitrogens with two attached hydrogens (primary N) is 1. The van der Waals surface area contributed by atoms with Gasteiger partial charge in [0.15, 0.2) is 0 Å². The highest BCUT2D eigenvalue weighted by Crippen LogP contribution is 2.24. The largest absolute Gasteiger partial charge is 0.385 e. The number of benzene rings is 2. The van der Waals surface area contributed by atoms with Gasteiger partial charge in [0.1, 0.15) is 18.1 Å². The second kappa shape index (κ2) is 6.45. The lowest BCUT2D eigenvalue weighted by atomic mass is 9.96. The molecule has 0 aliphatic carbocycles. The molecule has 2 aromatic carbocycles. The summed E-state index contributed by atoms with van der Waals surface area (Å²) in [6.07, 6.45) is -3.18. The van der Waals surface area contributed by atoms with Gasteiger partial charge in [-0.3, -0.25) is 4.79 Å². The zero-order valence-electron chi connectivity index (χ0n) is 11.2. The lowest BCUT2D eigenvalue weighted by molar-refractivity contribution is 0.0773. The van der Waals surface area contributed by atoms with E-state index in [1.165, 1.54) is 18.2 Å². The second-order valence-corrected chi connectivity index (χ2v) is 4.74. The first-order valence-electron chi connectivity index (χ1n) is 6.44. The van der Waals surface area contributed by atoms with Gasteiger partial charge in [-0.2, -0.15) is 0 Å². The van der Waals surface area contributed by atoms with Crippen molar-refractivity contribution in [1.82, 2.24) is 0 Å². The van der Waals surface area contributed by atoms with E-state index >= 15 is 0 Å². The Bertz CT molecular complexity index is 628. The number of rotatable bonds is 5. The summed E-state index contributed by atoms with van der Waals surface area (Å²) in [4.78, 5) is 11.3. The molecule has 0 heterocycles. The number of carbonyl (C=O) groups excluding carboxylic acids is 1. The maximum Gasteiger partial charge on any atom is 0.248 e. The smallest absolute Gasteiger partial charge is 0.248 e. The highest BCUT2D eigenvalue weighted by atomic mass is 19.1. The number of hydrogen-bond donors (Lipinski definition) is 2. The van der Waals surface area contributed by atoms with Crippen LogP contribution in [0.2, 0.25) is 0 Å². The number of primary amides is 1. The number of aliphatic hydroxyl groups is 1. The zero-order valence-corrected chi connectivity index (χ0v) is 11.2. The maximum atomic E-state index is 14.2. The van der Waals surface area contributed by atoms with Crippen LogP contribution in [0.3, 0.4) is 0 Å². The summed E-state index contributed by atoms with van der Waals surface area (Å²) in [7, 11) is 0. The third kappa shape index (κ3) is 3.64. The number of alkyl halides is 1. The molecule has 3 nitrogen and oxygen atoms in total. The molecule has 110 valence electrons. The molecule has 0 radical (unpaired) electrons. The van der Waals surface area contributed by atoms with Crippen LogP contribution in [-0.4, -0.2) is 17.2 Å². The molecule has 0 unspecified atom stereocenters. The van der Waals surface area contributed by atoms with E-state index in [9.17, 15) is 18.7 Å². The van der Waals surface area contributed by atoms with Gasteiger partial charge in [0.05, 0.1) is 0 Å². The van der Waals surface area contributed by atoms with Crippen LogP contribution in [0.15, 0.2) is 48.5 Å². The molecule has 2 aromatic rings. The van der Waals surface area contributed by atoms with Crippen LogP contribution in [0, 0.1) is 5.82 Å². The van der Waals surface area contributed by atoms with Crippen molar-refractivity contribution in [1.29, 1.82) is 0 Å². The molecule has 21 heavy (non-hydrogen) atoms. The highest BCUT2D eigenvalue weighted by molar-refractivity contribution is 5.94. The summed E-state index contributed by atoms with van der Waals surface area (Å²) >= 11 is 0. The quantitative estimate of drug-likeness (QED) is 0.889. The van der Waals surface area contributed by atoms with Crippen molar-refractivity contribution < 1.29 is 18.7 Å². The number of carbonyl (C=O) groups is 1. The highest BCUT2D eigenvalue weighted by Gasteiger charge is 2.22. The normalized spacial score (nSPS) is 13.7. The fourth-order valence-electron chi connectivity index (χ4n) is 2.13. The fraction of sp³-hybridized carbons (Fsp3) is 0.188. The monoisotopic (exact) mass is 291 g/mol. The van der Waals surface area contributed by atoms with Gasteiger partial charge in [0.2, 0.25) is 5.91 Å². The van der Waals surface area contributed by atoms with Crippen LogP contribution in [0.25, 0.3) is 0 Å². The number of hydrogen-bond acceptors (Lipinski definition) is 2. The fourth-order valence-corrected chi connectivity index (χ4v) is 2.13. The average molecular weight is 291 g/mol. The molecule has 3 N–H and O–H groups in total. The van der Waals surface area contributed by atoms with Crippen LogP contribution in [-0.2, 0) is 6.42 Å². The topological polar surface area (TPSA) is 63.3 Å². The first-order chi connectivity index (χ1) is 9.99. The summed E-state index contributed by atoms with van der Waals surface area (Å²) in [6.45, 7) is 0. The Balaban J connectivity index is 2.16. The summed E-state index contributed by atoms with van der Waals surface area (Å²) in [5.74, 6) is -1.10. The van der Waals surface area contributed by atoms with E-state index in [-0.39, 0.29) is 17.5 Å². The first-order valence-corrected chi connectivity index (χ1v) is 6.44. The number of halogens is 2. The van der Waals surface area contributed by atoms with E-state index in [0.717, 1.165) is 12.1 Å². The molecule has 0 aliphatic rings. The van der Waals surface area contributed by atoms with Crippen molar-refractivity contribution >= 4 is 5.91 Å².